The zero-order valence-corrected chi connectivity index (χ0v) is 12.2. The molecular formula is C11H22N2O4S. The maximum absolute atomic E-state index is 11.7. The van der Waals surface area contributed by atoms with Gasteiger partial charge in [0.15, 0.2) is 9.84 Å². The highest BCUT2D eigenvalue weighted by Crippen LogP contribution is 2.16. The van der Waals surface area contributed by atoms with Crippen molar-refractivity contribution in [1.29, 1.82) is 0 Å². The Morgan fingerprint density at radius 2 is 2.17 bits per heavy atom. The maximum Gasteiger partial charge on any atom is 0.327 e. The van der Waals surface area contributed by atoms with Gasteiger partial charge in [-0.1, -0.05) is 0 Å². The molecule has 0 saturated carbocycles. The summed E-state index contributed by atoms with van der Waals surface area (Å²) in [5.41, 5.74) is -0.815. The van der Waals surface area contributed by atoms with Crippen LogP contribution in [0.3, 0.4) is 0 Å². The first kappa shape index (κ1) is 15.4. The number of ether oxygens (including phenoxy) is 1. The van der Waals surface area contributed by atoms with E-state index in [4.69, 9.17) is 4.74 Å². The van der Waals surface area contributed by atoms with Crippen molar-refractivity contribution in [2.45, 2.75) is 25.4 Å². The van der Waals surface area contributed by atoms with Crippen LogP contribution in [0.2, 0.25) is 0 Å². The summed E-state index contributed by atoms with van der Waals surface area (Å²) in [5, 5.41) is 2.95. The number of rotatable bonds is 4. The predicted molar refractivity (Wildman–Crippen MR) is 69.2 cm³/mol. The molecule has 0 aromatic rings. The Kier molecular flexibility index (Phi) is 4.74. The Hall–Kier alpha value is -0.660. The standard InChI is InChI=1S/C11H22N2O4S/c1-9-7-18(15,16)6-5-13(9)8-11(2,12-3)10(14)17-4/h9,12H,5-8H2,1-4H3. The van der Waals surface area contributed by atoms with E-state index in [-0.39, 0.29) is 23.5 Å². The second-order valence-electron chi connectivity index (χ2n) is 5.01. The molecular weight excluding hydrogens is 256 g/mol. The highest BCUT2D eigenvalue weighted by atomic mass is 32.2. The number of sulfone groups is 1. The second-order valence-corrected chi connectivity index (χ2v) is 7.24. The van der Waals surface area contributed by atoms with Crippen LogP contribution in [0.4, 0.5) is 0 Å². The van der Waals surface area contributed by atoms with Crippen LogP contribution >= 0.6 is 0 Å². The lowest BCUT2D eigenvalue weighted by molar-refractivity contribution is -0.148. The number of nitrogens with zero attached hydrogens (tertiary/aromatic N) is 1. The molecule has 0 aromatic heterocycles. The minimum atomic E-state index is -2.93. The maximum atomic E-state index is 11.7. The molecule has 1 fully saturated rings. The third-order valence-corrected chi connectivity index (χ3v) is 5.31. The Balaban J connectivity index is 2.75. The van der Waals surface area contributed by atoms with Gasteiger partial charge in [-0.3, -0.25) is 9.69 Å². The monoisotopic (exact) mass is 278 g/mol. The van der Waals surface area contributed by atoms with Crippen LogP contribution < -0.4 is 5.32 Å². The summed E-state index contributed by atoms with van der Waals surface area (Å²) in [6.45, 7) is 4.52. The minimum Gasteiger partial charge on any atom is -0.468 e. The van der Waals surface area contributed by atoms with Crippen LogP contribution in [0, 0.1) is 0 Å². The predicted octanol–water partition coefficient (Wildman–Crippen LogP) is -0.744. The van der Waals surface area contributed by atoms with Gasteiger partial charge in [0.05, 0.1) is 18.6 Å². The van der Waals surface area contributed by atoms with Gasteiger partial charge in [-0.25, -0.2) is 8.42 Å². The van der Waals surface area contributed by atoms with Gasteiger partial charge >= 0.3 is 5.97 Å². The summed E-state index contributed by atoms with van der Waals surface area (Å²) in [7, 11) is 0.115. The first-order valence-corrected chi connectivity index (χ1v) is 7.78. The van der Waals surface area contributed by atoms with Crippen LogP contribution in [0.15, 0.2) is 0 Å². The van der Waals surface area contributed by atoms with Crippen molar-refractivity contribution in [3.05, 3.63) is 0 Å². The van der Waals surface area contributed by atoms with Gasteiger partial charge in [0, 0.05) is 19.1 Å². The van der Waals surface area contributed by atoms with Gasteiger partial charge in [-0.2, -0.15) is 0 Å². The average Bonchev–Trinajstić information content (AvgIpc) is 2.31. The van der Waals surface area contributed by atoms with Crippen LogP contribution in [0.5, 0.6) is 0 Å². The molecule has 1 saturated heterocycles. The Morgan fingerprint density at radius 3 is 2.61 bits per heavy atom. The van der Waals surface area contributed by atoms with Gasteiger partial charge in [0.2, 0.25) is 0 Å². The molecule has 1 N–H and O–H groups in total. The van der Waals surface area contributed by atoms with Crippen molar-refractivity contribution in [3.63, 3.8) is 0 Å². The van der Waals surface area contributed by atoms with E-state index in [1.807, 2.05) is 11.8 Å². The highest BCUT2D eigenvalue weighted by molar-refractivity contribution is 7.91. The lowest BCUT2D eigenvalue weighted by Crippen LogP contribution is -2.60. The summed E-state index contributed by atoms with van der Waals surface area (Å²) in [6.07, 6.45) is 0. The molecule has 1 aliphatic rings. The van der Waals surface area contributed by atoms with Gasteiger partial charge < -0.3 is 10.1 Å². The Morgan fingerprint density at radius 1 is 1.56 bits per heavy atom. The summed E-state index contributed by atoms with van der Waals surface area (Å²) in [6, 6.07) is -0.0823. The fraction of sp³-hybridized carbons (Fsp3) is 0.909. The van der Waals surface area contributed by atoms with Crippen molar-refractivity contribution in [1.82, 2.24) is 10.2 Å². The lowest BCUT2D eigenvalue weighted by atomic mass is 10.0. The largest absolute Gasteiger partial charge is 0.468 e. The molecule has 2 atom stereocenters. The molecule has 0 bridgehead atoms. The number of hydrogen-bond donors (Lipinski definition) is 1. The van der Waals surface area contributed by atoms with Crippen molar-refractivity contribution in [2.24, 2.45) is 0 Å². The van der Waals surface area contributed by atoms with E-state index in [1.165, 1.54) is 7.11 Å². The molecule has 1 rings (SSSR count). The number of esters is 1. The number of likely N-dealkylation sites (N-methyl/N-ethyl adjacent to an activating group) is 1. The molecule has 18 heavy (non-hydrogen) atoms. The SMILES string of the molecule is CNC(C)(CN1CCS(=O)(=O)CC1C)C(=O)OC. The number of nitrogens with one attached hydrogen (secondary N) is 1. The van der Waals surface area contributed by atoms with E-state index in [0.29, 0.717) is 13.1 Å². The number of methoxy groups -OCH3 is 1. The Bertz CT molecular complexity index is 409. The molecule has 106 valence electrons. The number of hydrogen-bond acceptors (Lipinski definition) is 6. The molecule has 1 heterocycles. The first-order chi connectivity index (χ1) is 8.24. The van der Waals surface area contributed by atoms with Crippen molar-refractivity contribution >= 4 is 15.8 Å². The summed E-state index contributed by atoms with van der Waals surface area (Å²) >= 11 is 0. The second kappa shape index (κ2) is 5.54. The van der Waals surface area contributed by atoms with E-state index >= 15 is 0 Å². The summed E-state index contributed by atoms with van der Waals surface area (Å²) < 4.78 is 27.8. The molecule has 6 nitrogen and oxygen atoms in total. The molecule has 7 heteroatoms. The molecule has 2 unspecified atom stereocenters. The van der Waals surface area contributed by atoms with Crippen LogP contribution in [0.25, 0.3) is 0 Å². The van der Waals surface area contributed by atoms with Crippen LogP contribution in [-0.4, -0.2) is 69.6 Å². The molecule has 0 spiro atoms. The fourth-order valence-corrected chi connectivity index (χ4v) is 3.77. The van der Waals surface area contributed by atoms with Gasteiger partial charge in [0.25, 0.3) is 0 Å². The molecule has 0 aliphatic carbocycles. The molecule has 1 aliphatic heterocycles. The molecule has 0 radical (unpaired) electrons. The first-order valence-electron chi connectivity index (χ1n) is 5.96. The van der Waals surface area contributed by atoms with E-state index < -0.39 is 15.4 Å². The summed E-state index contributed by atoms with van der Waals surface area (Å²) in [4.78, 5) is 13.8. The zero-order chi connectivity index (χ0) is 14.0. The van der Waals surface area contributed by atoms with Crippen molar-refractivity contribution in [2.75, 3.05) is 38.8 Å². The van der Waals surface area contributed by atoms with Gasteiger partial charge in [-0.05, 0) is 20.9 Å². The smallest absolute Gasteiger partial charge is 0.327 e. The van der Waals surface area contributed by atoms with E-state index in [2.05, 4.69) is 5.32 Å². The quantitative estimate of drug-likeness (QED) is 0.682. The molecule has 0 amide bonds. The normalized spacial score (nSPS) is 27.4. The van der Waals surface area contributed by atoms with Gasteiger partial charge in [0.1, 0.15) is 5.54 Å². The van der Waals surface area contributed by atoms with E-state index in [9.17, 15) is 13.2 Å². The zero-order valence-electron chi connectivity index (χ0n) is 11.4. The minimum absolute atomic E-state index is 0.0823. The van der Waals surface area contributed by atoms with E-state index in [0.717, 1.165) is 0 Å². The average molecular weight is 278 g/mol. The lowest BCUT2D eigenvalue weighted by Gasteiger charge is -2.38. The molecule has 0 aromatic carbocycles. The fourth-order valence-electron chi connectivity index (χ4n) is 2.14. The van der Waals surface area contributed by atoms with Crippen LogP contribution in [0.1, 0.15) is 13.8 Å². The van der Waals surface area contributed by atoms with E-state index in [1.54, 1.807) is 14.0 Å². The van der Waals surface area contributed by atoms with Crippen molar-refractivity contribution in [3.8, 4) is 0 Å². The van der Waals surface area contributed by atoms with Crippen molar-refractivity contribution < 1.29 is 17.9 Å². The Labute approximate surface area is 109 Å². The highest BCUT2D eigenvalue weighted by Gasteiger charge is 2.38. The number of carbonyl (C=O) groups is 1. The third kappa shape index (κ3) is 3.43. The van der Waals surface area contributed by atoms with Gasteiger partial charge in [-0.15, -0.1) is 0 Å². The summed E-state index contributed by atoms with van der Waals surface area (Å²) in [5.74, 6) is -0.0441. The third-order valence-electron chi connectivity index (χ3n) is 3.52. The number of carbonyl (C=O) groups excluding carboxylic acids is 1. The topological polar surface area (TPSA) is 75.7 Å². The van der Waals surface area contributed by atoms with Crippen LogP contribution in [-0.2, 0) is 19.4 Å².